The van der Waals surface area contributed by atoms with Crippen molar-refractivity contribution in [3.8, 4) is 23.1 Å². The minimum absolute atomic E-state index is 0.103. The maximum atomic E-state index is 12.9. The van der Waals surface area contributed by atoms with Crippen LogP contribution in [0.1, 0.15) is 37.8 Å². The Labute approximate surface area is 202 Å². The number of carbonyl (C=O) groups excluding carboxylic acids is 1. The van der Waals surface area contributed by atoms with Crippen LogP contribution in [0.4, 0.5) is 14.9 Å². The van der Waals surface area contributed by atoms with Crippen molar-refractivity contribution in [3.63, 3.8) is 0 Å². The van der Waals surface area contributed by atoms with Gasteiger partial charge in [-0.2, -0.15) is 5.26 Å². The predicted molar refractivity (Wildman–Crippen MR) is 127 cm³/mol. The zero-order valence-electron chi connectivity index (χ0n) is 19.3. The molecule has 35 heavy (non-hydrogen) atoms. The van der Waals surface area contributed by atoms with Crippen LogP contribution in [-0.4, -0.2) is 43.1 Å². The fourth-order valence-corrected chi connectivity index (χ4v) is 4.47. The number of alkyl halides is 1. The van der Waals surface area contributed by atoms with Crippen molar-refractivity contribution in [1.29, 1.82) is 5.26 Å². The van der Waals surface area contributed by atoms with Crippen molar-refractivity contribution < 1.29 is 28.1 Å². The molecule has 182 valence electrons. The number of nitrogens with one attached hydrogen (secondary N) is 1. The highest BCUT2D eigenvalue weighted by Gasteiger charge is 2.28. The van der Waals surface area contributed by atoms with Crippen LogP contribution in [0, 0.1) is 11.3 Å². The number of rotatable bonds is 7. The van der Waals surface area contributed by atoms with Gasteiger partial charge in [0.25, 0.3) is 0 Å². The summed E-state index contributed by atoms with van der Waals surface area (Å²) in [6, 6.07) is 15.6. The quantitative estimate of drug-likeness (QED) is 0.479. The van der Waals surface area contributed by atoms with Crippen LogP contribution >= 0.6 is 0 Å². The Morgan fingerprint density at radius 3 is 2.71 bits per heavy atom. The number of aromatic nitrogens is 1. The van der Waals surface area contributed by atoms with E-state index in [4.69, 9.17) is 14.2 Å². The van der Waals surface area contributed by atoms with Crippen molar-refractivity contribution in [2.24, 2.45) is 0 Å². The first-order valence-electron chi connectivity index (χ1n) is 11.7. The molecule has 1 saturated heterocycles. The standard InChI is InChI=1S/C26H26FN3O5/c1-16(27)35-26(31)29-18-7-5-17(6-8-18)25-23(12-28)22-11-20(33-14-21-13-32-15-34-21)9-10-24(22)30(25)19-3-2-4-19/h5-11,16,19,21H,2-4,13-15H2,1H3,(H,29,31)/t16-,21?/m1/s1. The van der Waals surface area contributed by atoms with Crippen LogP contribution in [-0.2, 0) is 14.2 Å². The fraction of sp³-hybridized carbons (Fsp3) is 0.385. The molecule has 1 amide bonds. The van der Waals surface area contributed by atoms with Crippen molar-refractivity contribution in [3.05, 3.63) is 48.0 Å². The van der Waals surface area contributed by atoms with E-state index >= 15 is 0 Å². The molecule has 1 unspecified atom stereocenters. The molecule has 2 fully saturated rings. The second kappa shape index (κ2) is 9.94. The highest BCUT2D eigenvalue weighted by Crippen LogP contribution is 2.43. The lowest BCUT2D eigenvalue weighted by Crippen LogP contribution is -2.19. The molecule has 1 aliphatic heterocycles. The normalized spacial score (nSPS) is 18.6. The Balaban J connectivity index is 1.48. The van der Waals surface area contributed by atoms with E-state index in [1.165, 1.54) is 0 Å². The van der Waals surface area contributed by atoms with Gasteiger partial charge in [-0.15, -0.1) is 0 Å². The molecule has 1 saturated carbocycles. The molecule has 8 nitrogen and oxygen atoms in total. The van der Waals surface area contributed by atoms with E-state index in [1.807, 2.05) is 30.3 Å². The topological polar surface area (TPSA) is 94.7 Å². The van der Waals surface area contributed by atoms with E-state index in [1.54, 1.807) is 12.1 Å². The Hall–Kier alpha value is -3.61. The molecule has 2 heterocycles. The lowest BCUT2D eigenvalue weighted by atomic mass is 9.92. The summed E-state index contributed by atoms with van der Waals surface area (Å²) in [6.07, 6.45) is 0.579. The van der Waals surface area contributed by atoms with Gasteiger partial charge in [-0.25, -0.2) is 9.18 Å². The Morgan fingerprint density at radius 2 is 2.09 bits per heavy atom. The summed E-state index contributed by atoms with van der Waals surface area (Å²) in [6.45, 7) is 2.30. The van der Waals surface area contributed by atoms with Crippen LogP contribution < -0.4 is 10.1 Å². The second-order valence-corrected chi connectivity index (χ2v) is 8.71. The van der Waals surface area contributed by atoms with E-state index in [0.717, 1.165) is 48.3 Å². The molecule has 2 aromatic carbocycles. The number of amides is 1. The number of hydrogen-bond acceptors (Lipinski definition) is 6. The number of ether oxygens (including phenoxy) is 4. The van der Waals surface area contributed by atoms with Gasteiger partial charge in [-0.05, 0) is 55.2 Å². The average Bonchev–Trinajstić information content (AvgIpc) is 3.43. The zero-order chi connectivity index (χ0) is 24.4. The van der Waals surface area contributed by atoms with Crippen molar-refractivity contribution in [2.75, 3.05) is 25.3 Å². The van der Waals surface area contributed by atoms with Crippen molar-refractivity contribution in [2.45, 2.75) is 44.7 Å². The average molecular weight is 480 g/mol. The first-order chi connectivity index (χ1) is 17.0. The molecular weight excluding hydrogens is 453 g/mol. The van der Waals surface area contributed by atoms with E-state index in [0.29, 0.717) is 36.3 Å². The number of fused-ring (bicyclic) bond motifs is 1. The van der Waals surface area contributed by atoms with Gasteiger partial charge in [-0.1, -0.05) is 12.1 Å². The molecule has 0 spiro atoms. The summed E-state index contributed by atoms with van der Waals surface area (Å²) < 4.78 is 36.2. The van der Waals surface area contributed by atoms with Gasteiger partial charge < -0.3 is 23.5 Å². The molecule has 2 atom stereocenters. The third-order valence-corrected chi connectivity index (χ3v) is 6.33. The molecular formula is C26H26FN3O5. The summed E-state index contributed by atoms with van der Waals surface area (Å²) in [5.74, 6) is 0.668. The molecule has 0 radical (unpaired) electrons. The number of nitriles is 1. The number of anilines is 1. The van der Waals surface area contributed by atoms with Gasteiger partial charge in [0.15, 0.2) is 0 Å². The van der Waals surface area contributed by atoms with Crippen LogP contribution in [0.2, 0.25) is 0 Å². The first kappa shape index (κ1) is 23.1. The van der Waals surface area contributed by atoms with E-state index in [2.05, 4.69) is 20.7 Å². The molecule has 5 rings (SSSR count). The van der Waals surface area contributed by atoms with Crippen LogP contribution in [0.25, 0.3) is 22.2 Å². The molecule has 9 heteroatoms. The monoisotopic (exact) mass is 479 g/mol. The Morgan fingerprint density at radius 1 is 1.29 bits per heavy atom. The molecule has 1 aromatic heterocycles. The number of carbonyl (C=O) groups is 1. The summed E-state index contributed by atoms with van der Waals surface area (Å²) in [4.78, 5) is 11.7. The molecule has 0 bridgehead atoms. The largest absolute Gasteiger partial charge is 0.491 e. The van der Waals surface area contributed by atoms with E-state index in [9.17, 15) is 14.4 Å². The predicted octanol–water partition coefficient (Wildman–Crippen LogP) is 5.52. The highest BCUT2D eigenvalue weighted by atomic mass is 19.1. The number of nitrogens with zero attached hydrogens (tertiary/aromatic N) is 2. The zero-order valence-corrected chi connectivity index (χ0v) is 19.3. The summed E-state index contributed by atoms with van der Waals surface area (Å²) in [7, 11) is 0. The van der Waals surface area contributed by atoms with Gasteiger partial charge in [0.2, 0.25) is 6.36 Å². The summed E-state index contributed by atoms with van der Waals surface area (Å²) in [5, 5.41) is 13.5. The minimum Gasteiger partial charge on any atom is -0.491 e. The Bertz CT molecular complexity index is 1250. The lowest BCUT2D eigenvalue weighted by Gasteiger charge is -2.30. The lowest BCUT2D eigenvalue weighted by molar-refractivity contribution is 0.0320. The maximum Gasteiger partial charge on any atom is 0.414 e. The SMILES string of the molecule is C[C@H](F)OC(=O)Nc1ccc(-c2c(C#N)c3cc(OCC4COCO4)ccc3n2C2CCC2)cc1. The molecule has 1 N–H and O–H groups in total. The second-order valence-electron chi connectivity index (χ2n) is 8.71. The van der Waals surface area contributed by atoms with Gasteiger partial charge in [-0.3, -0.25) is 5.32 Å². The minimum atomic E-state index is -1.70. The van der Waals surface area contributed by atoms with Gasteiger partial charge >= 0.3 is 6.09 Å². The van der Waals surface area contributed by atoms with Gasteiger partial charge in [0.05, 0.1) is 23.4 Å². The van der Waals surface area contributed by atoms with Crippen LogP contribution in [0.3, 0.4) is 0 Å². The number of benzene rings is 2. The maximum absolute atomic E-state index is 12.9. The van der Waals surface area contributed by atoms with Crippen LogP contribution in [0.5, 0.6) is 5.75 Å². The van der Waals surface area contributed by atoms with E-state index in [-0.39, 0.29) is 12.9 Å². The van der Waals surface area contributed by atoms with Crippen LogP contribution in [0.15, 0.2) is 42.5 Å². The molecule has 2 aliphatic rings. The smallest absolute Gasteiger partial charge is 0.414 e. The van der Waals surface area contributed by atoms with Gasteiger partial charge in [0, 0.05) is 24.0 Å². The van der Waals surface area contributed by atoms with Crippen molar-refractivity contribution in [1.82, 2.24) is 4.57 Å². The summed E-state index contributed by atoms with van der Waals surface area (Å²) >= 11 is 0. The third kappa shape index (κ3) is 4.81. The third-order valence-electron chi connectivity index (χ3n) is 6.33. The molecule has 1 aliphatic carbocycles. The fourth-order valence-electron chi connectivity index (χ4n) is 4.47. The summed E-state index contributed by atoms with van der Waals surface area (Å²) in [5.41, 5.74) is 3.71. The van der Waals surface area contributed by atoms with E-state index < -0.39 is 12.5 Å². The number of hydrogen-bond donors (Lipinski definition) is 1. The molecule has 3 aromatic rings. The van der Waals surface area contributed by atoms with Crippen molar-refractivity contribution >= 4 is 22.7 Å². The Kier molecular flexibility index (Phi) is 6.57. The van der Waals surface area contributed by atoms with Gasteiger partial charge in [0.1, 0.15) is 31.3 Å². The number of halogens is 1. The first-order valence-corrected chi connectivity index (χ1v) is 11.7. The highest BCUT2D eigenvalue weighted by molar-refractivity contribution is 5.96.